The summed E-state index contributed by atoms with van der Waals surface area (Å²) < 4.78 is 79.8. The topological polar surface area (TPSA) is 90.9 Å². The van der Waals surface area contributed by atoms with Crippen molar-refractivity contribution in [3.63, 3.8) is 0 Å². The average Bonchev–Trinajstić information content (AvgIpc) is 3.08. The number of halogens is 5. The molecule has 3 rings (SSSR count). The number of nitrogens with zero attached hydrogens (tertiary/aromatic N) is 2. The number of anilines is 1. The van der Waals surface area contributed by atoms with Gasteiger partial charge in [0.1, 0.15) is 19.3 Å². The number of alkyl halides is 5. The SMILES string of the molecule is CP(C)(=O)c1cccc2c(-c3nc(NCC(F)(F)CO)ncc3C(F)(F)F)c[nH]c12. The Labute approximate surface area is 167 Å². The lowest BCUT2D eigenvalue weighted by molar-refractivity contribution is -0.137. The summed E-state index contributed by atoms with van der Waals surface area (Å²) in [5.41, 5.74) is -1.19. The van der Waals surface area contributed by atoms with Crippen molar-refractivity contribution in [2.45, 2.75) is 12.1 Å². The third kappa shape index (κ3) is 4.46. The minimum absolute atomic E-state index is 0.0620. The summed E-state index contributed by atoms with van der Waals surface area (Å²) in [6.07, 6.45) is -2.99. The van der Waals surface area contributed by atoms with Crippen LogP contribution >= 0.6 is 7.14 Å². The van der Waals surface area contributed by atoms with Crippen LogP contribution in [0.3, 0.4) is 0 Å². The molecular formula is C18H18F5N4O2P. The lowest BCUT2D eigenvalue weighted by Crippen LogP contribution is -2.31. The summed E-state index contributed by atoms with van der Waals surface area (Å²) in [6, 6.07) is 4.75. The second kappa shape index (κ2) is 7.63. The number of nitrogens with one attached hydrogen (secondary N) is 2. The molecule has 0 bridgehead atoms. The molecule has 2 aromatic heterocycles. The van der Waals surface area contributed by atoms with Crippen LogP contribution in [0.4, 0.5) is 27.9 Å². The minimum Gasteiger partial charge on any atom is -0.390 e. The summed E-state index contributed by atoms with van der Waals surface area (Å²) in [4.78, 5) is 10.1. The zero-order valence-electron chi connectivity index (χ0n) is 15.9. The highest BCUT2D eigenvalue weighted by Gasteiger charge is 2.36. The third-order valence-corrected chi connectivity index (χ3v) is 5.89. The number of rotatable bonds is 6. The van der Waals surface area contributed by atoms with E-state index in [0.717, 1.165) is 0 Å². The third-order valence-electron chi connectivity index (χ3n) is 4.36. The Morgan fingerprint density at radius 1 is 1.20 bits per heavy atom. The molecule has 0 aliphatic heterocycles. The van der Waals surface area contributed by atoms with Gasteiger partial charge in [0.25, 0.3) is 5.92 Å². The maximum absolute atomic E-state index is 13.6. The largest absolute Gasteiger partial charge is 0.419 e. The molecule has 0 fully saturated rings. The fourth-order valence-corrected chi connectivity index (χ4v) is 4.10. The maximum atomic E-state index is 13.6. The number of aliphatic hydroxyl groups is 1. The van der Waals surface area contributed by atoms with Crippen molar-refractivity contribution in [2.75, 3.05) is 31.8 Å². The lowest BCUT2D eigenvalue weighted by Gasteiger charge is -2.16. The molecule has 12 heteroatoms. The predicted molar refractivity (Wildman–Crippen MR) is 104 cm³/mol. The van der Waals surface area contributed by atoms with Crippen LogP contribution in [-0.4, -0.2) is 52.5 Å². The highest BCUT2D eigenvalue weighted by atomic mass is 31.2. The first-order valence-corrected chi connectivity index (χ1v) is 11.3. The molecule has 0 saturated carbocycles. The Morgan fingerprint density at radius 3 is 2.50 bits per heavy atom. The highest BCUT2D eigenvalue weighted by molar-refractivity contribution is 7.70. The van der Waals surface area contributed by atoms with Gasteiger partial charge in [0.2, 0.25) is 5.95 Å². The monoisotopic (exact) mass is 448 g/mol. The summed E-state index contributed by atoms with van der Waals surface area (Å²) in [5.74, 6) is -3.95. The molecule has 30 heavy (non-hydrogen) atoms. The lowest BCUT2D eigenvalue weighted by atomic mass is 10.1. The van der Waals surface area contributed by atoms with Crippen LogP contribution in [0.2, 0.25) is 0 Å². The number of aliphatic hydroxyl groups excluding tert-OH is 1. The number of aromatic amines is 1. The Morgan fingerprint density at radius 2 is 1.90 bits per heavy atom. The van der Waals surface area contributed by atoms with E-state index in [9.17, 15) is 26.5 Å². The zero-order chi connectivity index (χ0) is 22.3. The molecule has 0 unspecified atom stereocenters. The standard InChI is InChI=1S/C18H18F5N4O2P/c1-30(2,29)13-5-3-4-10-11(6-24-15(10)13)14-12(18(21,22)23)7-25-16(27-14)26-8-17(19,20)9-28/h3-7,24,28H,8-9H2,1-2H3,(H,25,26,27). The summed E-state index contributed by atoms with van der Waals surface area (Å²) in [5, 5.41) is 11.6. The first-order valence-electron chi connectivity index (χ1n) is 8.66. The van der Waals surface area contributed by atoms with Gasteiger partial charge in [0.15, 0.2) is 0 Å². The molecule has 0 aliphatic rings. The van der Waals surface area contributed by atoms with E-state index in [1.807, 2.05) is 0 Å². The van der Waals surface area contributed by atoms with Crippen LogP contribution in [0.5, 0.6) is 0 Å². The maximum Gasteiger partial charge on any atom is 0.419 e. The van der Waals surface area contributed by atoms with Gasteiger partial charge in [-0.05, 0) is 19.4 Å². The van der Waals surface area contributed by atoms with E-state index in [2.05, 4.69) is 20.3 Å². The summed E-state index contributed by atoms with van der Waals surface area (Å²) in [7, 11) is -2.73. The van der Waals surface area contributed by atoms with E-state index in [4.69, 9.17) is 5.11 Å². The number of para-hydroxylation sites is 1. The Hall–Kier alpha value is -2.52. The molecule has 6 nitrogen and oxygen atoms in total. The molecule has 0 aliphatic carbocycles. The van der Waals surface area contributed by atoms with E-state index in [1.54, 1.807) is 18.2 Å². The van der Waals surface area contributed by atoms with Crippen LogP contribution in [0.1, 0.15) is 5.56 Å². The van der Waals surface area contributed by atoms with E-state index in [1.165, 1.54) is 19.5 Å². The molecule has 3 aromatic rings. The van der Waals surface area contributed by atoms with Crippen molar-refractivity contribution in [2.24, 2.45) is 0 Å². The smallest absolute Gasteiger partial charge is 0.390 e. The molecular weight excluding hydrogens is 430 g/mol. The molecule has 1 aromatic carbocycles. The second-order valence-corrected chi connectivity index (χ2v) is 10.3. The number of hydrogen-bond donors (Lipinski definition) is 3. The Kier molecular flexibility index (Phi) is 5.64. The van der Waals surface area contributed by atoms with E-state index in [-0.39, 0.29) is 5.56 Å². The number of hydrogen-bond acceptors (Lipinski definition) is 5. The second-order valence-electron chi connectivity index (χ2n) is 7.07. The molecule has 3 N–H and O–H groups in total. The van der Waals surface area contributed by atoms with Crippen LogP contribution in [0, 0.1) is 0 Å². The van der Waals surface area contributed by atoms with E-state index in [0.29, 0.717) is 22.4 Å². The van der Waals surface area contributed by atoms with Crippen molar-refractivity contribution in [1.82, 2.24) is 15.0 Å². The van der Waals surface area contributed by atoms with Crippen molar-refractivity contribution in [3.8, 4) is 11.3 Å². The zero-order valence-corrected chi connectivity index (χ0v) is 16.8. The molecule has 0 amide bonds. The van der Waals surface area contributed by atoms with Gasteiger partial charge in [-0.1, -0.05) is 12.1 Å². The molecule has 2 heterocycles. The van der Waals surface area contributed by atoms with Crippen molar-refractivity contribution in [3.05, 3.63) is 36.2 Å². The Balaban J connectivity index is 2.16. The fourth-order valence-electron chi connectivity index (χ4n) is 2.93. The van der Waals surface area contributed by atoms with Crippen molar-refractivity contribution >= 4 is 29.3 Å². The van der Waals surface area contributed by atoms with Gasteiger partial charge in [-0.3, -0.25) is 0 Å². The molecule has 0 radical (unpaired) electrons. The minimum atomic E-state index is -4.80. The first-order chi connectivity index (χ1) is 13.8. The van der Waals surface area contributed by atoms with Crippen molar-refractivity contribution in [1.29, 1.82) is 0 Å². The van der Waals surface area contributed by atoms with E-state index < -0.39 is 49.6 Å². The fraction of sp³-hybridized carbons (Fsp3) is 0.333. The van der Waals surface area contributed by atoms with Crippen molar-refractivity contribution < 1.29 is 31.6 Å². The number of fused-ring (bicyclic) bond motifs is 1. The molecule has 0 atom stereocenters. The van der Waals surface area contributed by atoms with Gasteiger partial charge in [-0.25, -0.2) is 18.7 Å². The molecule has 0 saturated heterocycles. The van der Waals surface area contributed by atoms with Crippen LogP contribution < -0.4 is 10.6 Å². The summed E-state index contributed by atoms with van der Waals surface area (Å²) in [6.45, 7) is 0.586. The van der Waals surface area contributed by atoms with Gasteiger partial charge < -0.3 is 20.0 Å². The average molecular weight is 448 g/mol. The van der Waals surface area contributed by atoms with E-state index >= 15 is 0 Å². The van der Waals surface area contributed by atoms with Gasteiger partial charge >= 0.3 is 6.18 Å². The number of aromatic nitrogens is 3. The van der Waals surface area contributed by atoms with Gasteiger partial charge in [-0.15, -0.1) is 0 Å². The van der Waals surface area contributed by atoms with Crippen LogP contribution in [0.25, 0.3) is 22.2 Å². The molecule has 0 spiro atoms. The normalized spacial score (nSPS) is 13.1. The number of H-pyrrole nitrogens is 1. The highest BCUT2D eigenvalue weighted by Crippen LogP contribution is 2.41. The predicted octanol–water partition coefficient (Wildman–Crippen LogP) is 3.93. The van der Waals surface area contributed by atoms with Crippen LogP contribution in [-0.2, 0) is 10.7 Å². The van der Waals surface area contributed by atoms with Gasteiger partial charge in [-0.2, -0.15) is 13.2 Å². The Bertz CT molecular complexity index is 1120. The summed E-state index contributed by atoms with van der Waals surface area (Å²) >= 11 is 0. The first kappa shape index (κ1) is 22.2. The number of benzene rings is 1. The van der Waals surface area contributed by atoms with Gasteiger partial charge in [0.05, 0.1) is 17.8 Å². The molecule has 162 valence electrons. The quantitative estimate of drug-likeness (QED) is 0.393. The van der Waals surface area contributed by atoms with Crippen LogP contribution in [0.15, 0.2) is 30.6 Å². The van der Waals surface area contributed by atoms with Gasteiger partial charge in [0, 0.05) is 28.6 Å².